The number of nitrogens with one attached hydrogen (secondary N) is 1. The molecule has 116 valence electrons. The summed E-state index contributed by atoms with van der Waals surface area (Å²) in [4.78, 5) is 16.3. The molecular weight excluding hydrogens is 312 g/mol. The molecule has 1 amide bonds. The lowest BCUT2D eigenvalue weighted by atomic mass is 10.1. The number of fused-ring (bicyclic) bond motifs is 1. The van der Waals surface area contributed by atoms with E-state index in [9.17, 15) is 4.79 Å². The first-order chi connectivity index (χ1) is 11.1. The van der Waals surface area contributed by atoms with Crippen LogP contribution in [0.1, 0.15) is 12.5 Å². The molecule has 2 aromatic carbocycles. The molecule has 0 unspecified atom stereocenters. The smallest absolute Gasteiger partial charge is 0.260 e. The normalized spacial score (nSPS) is 11.7. The molecule has 0 spiro atoms. The van der Waals surface area contributed by atoms with Crippen LogP contribution in [0.5, 0.6) is 0 Å². The highest BCUT2D eigenvalue weighted by Gasteiger charge is 2.06. The number of imidazole rings is 1. The first-order valence-corrected chi connectivity index (χ1v) is 7.50. The van der Waals surface area contributed by atoms with E-state index in [-0.39, 0.29) is 12.5 Å². The maximum atomic E-state index is 12.1. The van der Waals surface area contributed by atoms with Crippen molar-refractivity contribution in [2.75, 3.05) is 0 Å². The van der Waals surface area contributed by atoms with E-state index in [1.165, 1.54) is 0 Å². The largest absolute Gasteiger partial charge is 0.321 e. The fourth-order valence-electron chi connectivity index (χ4n) is 2.25. The molecule has 0 aliphatic heterocycles. The molecule has 1 N–H and O–H groups in total. The zero-order chi connectivity index (χ0) is 16.2. The van der Waals surface area contributed by atoms with Crippen molar-refractivity contribution >= 4 is 34.3 Å². The van der Waals surface area contributed by atoms with E-state index >= 15 is 0 Å². The second-order valence-electron chi connectivity index (χ2n) is 5.10. The lowest BCUT2D eigenvalue weighted by Gasteiger charge is -2.05. The number of rotatable bonds is 4. The summed E-state index contributed by atoms with van der Waals surface area (Å²) in [7, 11) is 0. The summed E-state index contributed by atoms with van der Waals surface area (Å²) in [6, 6.07) is 15.0. The molecule has 3 rings (SSSR count). The van der Waals surface area contributed by atoms with E-state index in [0.717, 1.165) is 16.6 Å². The summed E-state index contributed by atoms with van der Waals surface area (Å²) < 4.78 is 1.79. The molecule has 0 bridgehead atoms. The zero-order valence-electron chi connectivity index (χ0n) is 12.5. The van der Waals surface area contributed by atoms with Crippen LogP contribution >= 0.6 is 11.6 Å². The molecule has 0 saturated carbocycles. The van der Waals surface area contributed by atoms with Gasteiger partial charge in [-0.05, 0) is 36.8 Å². The number of halogens is 1. The van der Waals surface area contributed by atoms with Gasteiger partial charge >= 0.3 is 0 Å². The van der Waals surface area contributed by atoms with Crippen LogP contribution in [0.4, 0.5) is 0 Å². The fraction of sp³-hybridized carbons (Fsp3) is 0.118. The summed E-state index contributed by atoms with van der Waals surface area (Å²) in [5.74, 6) is -0.213. The van der Waals surface area contributed by atoms with Crippen LogP contribution in [0.25, 0.3) is 11.0 Å². The van der Waals surface area contributed by atoms with Crippen LogP contribution in [0.3, 0.4) is 0 Å². The summed E-state index contributed by atoms with van der Waals surface area (Å²) in [5, 5.41) is 4.75. The van der Waals surface area contributed by atoms with Gasteiger partial charge in [-0.1, -0.05) is 35.9 Å². The Hall–Kier alpha value is -2.66. The Bertz CT molecular complexity index is 885. The van der Waals surface area contributed by atoms with Gasteiger partial charge in [-0.25, -0.2) is 10.4 Å². The number of carbonyl (C=O) groups is 1. The number of nitrogens with zero attached hydrogens (tertiary/aromatic N) is 3. The van der Waals surface area contributed by atoms with Crippen molar-refractivity contribution < 1.29 is 4.79 Å². The van der Waals surface area contributed by atoms with Crippen LogP contribution in [-0.4, -0.2) is 21.2 Å². The molecule has 0 aliphatic rings. The third kappa shape index (κ3) is 3.57. The van der Waals surface area contributed by atoms with Crippen molar-refractivity contribution in [1.82, 2.24) is 15.0 Å². The van der Waals surface area contributed by atoms with Gasteiger partial charge in [0.25, 0.3) is 5.91 Å². The van der Waals surface area contributed by atoms with Crippen molar-refractivity contribution in [2.24, 2.45) is 5.10 Å². The molecule has 0 radical (unpaired) electrons. The maximum Gasteiger partial charge on any atom is 0.260 e. The highest BCUT2D eigenvalue weighted by Crippen LogP contribution is 2.12. The predicted octanol–water partition coefficient (Wildman–Crippen LogP) is 3.23. The van der Waals surface area contributed by atoms with Crippen molar-refractivity contribution in [3.8, 4) is 0 Å². The standard InChI is InChI=1S/C17H15ClN4O/c1-12(13-5-4-6-14(18)9-13)20-21-17(23)10-22-11-19-15-7-2-3-8-16(15)22/h2-9,11H,10H2,1H3,(H,21,23)/b20-12-. The predicted molar refractivity (Wildman–Crippen MR) is 91.5 cm³/mol. The molecule has 0 atom stereocenters. The van der Waals surface area contributed by atoms with Crippen molar-refractivity contribution in [3.05, 3.63) is 65.4 Å². The van der Waals surface area contributed by atoms with Crippen molar-refractivity contribution in [2.45, 2.75) is 13.5 Å². The topological polar surface area (TPSA) is 59.3 Å². The Morgan fingerprint density at radius 3 is 2.91 bits per heavy atom. The van der Waals surface area contributed by atoms with Crippen LogP contribution in [0.15, 0.2) is 60.0 Å². The first-order valence-electron chi connectivity index (χ1n) is 7.12. The summed E-state index contributed by atoms with van der Waals surface area (Å²) in [6.07, 6.45) is 1.65. The first kappa shape index (κ1) is 15.2. The molecule has 1 aromatic heterocycles. The van der Waals surface area contributed by atoms with Gasteiger partial charge in [0.1, 0.15) is 6.54 Å². The third-order valence-corrected chi connectivity index (χ3v) is 3.67. The summed E-state index contributed by atoms with van der Waals surface area (Å²) in [6.45, 7) is 1.98. The molecule has 23 heavy (non-hydrogen) atoms. The lowest BCUT2D eigenvalue weighted by molar-refractivity contribution is -0.121. The Kier molecular flexibility index (Phi) is 4.39. The van der Waals surface area contributed by atoms with E-state index in [0.29, 0.717) is 10.7 Å². The van der Waals surface area contributed by atoms with Gasteiger partial charge in [-0.2, -0.15) is 5.10 Å². The molecule has 1 heterocycles. The number of para-hydroxylation sites is 2. The Morgan fingerprint density at radius 1 is 1.26 bits per heavy atom. The average molecular weight is 327 g/mol. The zero-order valence-corrected chi connectivity index (χ0v) is 13.3. The highest BCUT2D eigenvalue weighted by molar-refractivity contribution is 6.31. The van der Waals surface area contributed by atoms with E-state index in [2.05, 4.69) is 15.5 Å². The molecule has 6 heteroatoms. The van der Waals surface area contributed by atoms with Crippen LogP contribution in [-0.2, 0) is 11.3 Å². The molecule has 0 saturated heterocycles. The number of hydrogen-bond acceptors (Lipinski definition) is 3. The summed E-state index contributed by atoms with van der Waals surface area (Å²) >= 11 is 5.95. The van der Waals surface area contributed by atoms with Gasteiger partial charge in [0, 0.05) is 5.02 Å². The quantitative estimate of drug-likeness (QED) is 0.591. The second-order valence-corrected chi connectivity index (χ2v) is 5.54. The highest BCUT2D eigenvalue weighted by atomic mass is 35.5. The van der Waals surface area contributed by atoms with Crippen LogP contribution < -0.4 is 5.43 Å². The monoisotopic (exact) mass is 326 g/mol. The number of aromatic nitrogens is 2. The van der Waals surface area contributed by atoms with Crippen LogP contribution in [0.2, 0.25) is 5.02 Å². The van der Waals surface area contributed by atoms with Crippen molar-refractivity contribution in [1.29, 1.82) is 0 Å². The summed E-state index contributed by atoms with van der Waals surface area (Å²) in [5.41, 5.74) is 5.89. The van der Waals surface area contributed by atoms with Gasteiger partial charge in [0.15, 0.2) is 0 Å². The number of benzene rings is 2. The molecule has 0 aliphatic carbocycles. The van der Waals surface area contributed by atoms with Gasteiger partial charge in [-0.3, -0.25) is 4.79 Å². The van der Waals surface area contributed by atoms with Gasteiger partial charge < -0.3 is 4.57 Å². The minimum Gasteiger partial charge on any atom is -0.321 e. The SMILES string of the molecule is C/C(=N/NC(=O)Cn1cnc2ccccc21)c1cccc(Cl)c1. The van der Waals surface area contributed by atoms with E-state index in [4.69, 9.17) is 11.6 Å². The average Bonchev–Trinajstić information content (AvgIpc) is 2.96. The molecule has 5 nitrogen and oxygen atoms in total. The van der Waals surface area contributed by atoms with Gasteiger partial charge in [0.2, 0.25) is 0 Å². The number of carbonyl (C=O) groups excluding carboxylic acids is 1. The van der Waals surface area contributed by atoms with Gasteiger partial charge in [-0.15, -0.1) is 0 Å². The van der Waals surface area contributed by atoms with E-state index in [1.807, 2.05) is 43.3 Å². The molecular formula is C17H15ClN4O. The number of amides is 1. The number of hydrazone groups is 1. The third-order valence-electron chi connectivity index (χ3n) is 3.43. The van der Waals surface area contributed by atoms with Gasteiger partial charge in [0.05, 0.1) is 23.1 Å². The fourth-order valence-corrected chi connectivity index (χ4v) is 2.44. The Morgan fingerprint density at radius 2 is 2.09 bits per heavy atom. The van der Waals surface area contributed by atoms with Crippen molar-refractivity contribution in [3.63, 3.8) is 0 Å². The minimum atomic E-state index is -0.213. The molecule has 0 fully saturated rings. The Balaban J connectivity index is 1.69. The maximum absolute atomic E-state index is 12.1. The van der Waals surface area contributed by atoms with Crippen LogP contribution in [0, 0.1) is 0 Å². The minimum absolute atomic E-state index is 0.160. The molecule has 3 aromatic rings. The van der Waals surface area contributed by atoms with E-state index < -0.39 is 0 Å². The van der Waals surface area contributed by atoms with E-state index in [1.54, 1.807) is 23.0 Å². The Labute approximate surface area is 138 Å². The number of hydrogen-bond donors (Lipinski definition) is 1. The second kappa shape index (κ2) is 6.62. The lowest BCUT2D eigenvalue weighted by Crippen LogP contribution is -2.24.